The number of Topliss-reactive ketones (excluding diaryl/α,β-unsaturated/α-hetero) is 1. The summed E-state index contributed by atoms with van der Waals surface area (Å²) >= 11 is 0. The number of ketones is 1. The van der Waals surface area contributed by atoms with Crippen molar-refractivity contribution < 1.29 is 9.53 Å². The third-order valence-electron chi connectivity index (χ3n) is 7.26. The number of rotatable bonds is 7. The molecule has 1 saturated heterocycles. The van der Waals surface area contributed by atoms with Gasteiger partial charge in [0.05, 0.1) is 6.20 Å². The van der Waals surface area contributed by atoms with Crippen molar-refractivity contribution in [1.29, 1.82) is 5.26 Å². The molecular formula is C30H34N4O2. The fraction of sp³-hybridized carbons (Fsp3) is 0.433. The van der Waals surface area contributed by atoms with Gasteiger partial charge in [0.2, 0.25) is 0 Å². The first-order valence-electron chi connectivity index (χ1n) is 12.8. The smallest absolute Gasteiger partial charge is 0.163 e. The first-order valence-corrected chi connectivity index (χ1v) is 12.8. The van der Waals surface area contributed by atoms with Gasteiger partial charge in [-0.05, 0) is 95.0 Å². The van der Waals surface area contributed by atoms with E-state index in [0.29, 0.717) is 29.6 Å². The van der Waals surface area contributed by atoms with Gasteiger partial charge in [0.15, 0.2) is 5.78 Å². The van der Waals surface area contributed by atoms with Crippen molar-refractivity contribution in [3.8, 4) is 28.7 Å². The van der Waals surface area contributed by atoms with Crippen LogP contribution in [0.2, 0.25) is 0 Å². The largest absolute Gasteiger partial charge is 0.456 e. The predicted molar refractivity (Wildman–Crippen MR) is 140 cm³/mol. The first kappa shape index (κ1) is 24.3. The number of hydrogen-bond donors (Lipinski definition) is 2. The van der Waals surface area contributed by atoms with Gasteiger partial charge in [0.25, 0.3) is 0 Å². The second-order valence-electron chi connectivity index (χ2n) is 11.7. The van der Waals surface area contributed by atoms with Crippen LogP contribution in [0.25, 0.3) is 11.1 Å². The summed E-state index contributed by atoms with van der Waals surface area (Å²) < 4.78 is 6.34. The third-order valence-corrected chi connectivity index (χ3v) is 7.26. The number of nitrogens with one attached hydrogen (secondary N) is 2. The molecule has 2 fully saturated rings. The minimum Gasteiger partial charge on any atom is -0.456 e. The highest BCUT2D eigenvalue weighted by molar-refractivity contribution is 5.96. The number of aromatic nitrogens is 2. The second-order valence-corrected chi connectivity index (χ2v) is 11.7. The Morgan fingerprint density at radius 2 is 1.86 bits per heavy atom. The molecule has 186 valence electrons. The summed E-state index contributed by atoms with van der Waals surface area (Å²) in [5.74, 6) is 2.18. The molecule has 0 amide bonds. The summed E-state index contributed by atoms with van der Waals surface area (Å²) in [4.78, 5) is 13.4. The molecule has 6 heteroatoms. The lowest BCUT2D eigenvalue weighted by Gasteiger charge is -2.46. The quantitative estimate of drug-likeness (QED) is 0.364. The Balaban J connectivity index is 1.39. The van der Waals surface area contributed by atoms with Crippen LogP contribution in [0.3, 0.4) is 0 Å². The summed E-state index contributed by atoms with van der Waals surface area (Å²) in [7, 11) is 0. The average molecular weight is 483 g/mol. The Bertz CT molecular complexity index is 1300. The zero-order valence-electron chi connectivity index (χ0n) is 21.5. The lowest BCUT2D eigenvalue weighted by Crippen LogP contribution is -2.57. The Morgan fingerprint density at radius 3 is 2.50 bits per heavy atom. The Labute approximate surface area is 213 Å². The minimum absolute atomic E-state index is 0.0208. The molecule has 0 radical (unpaired) electrons. The third kappa shape index (κ3) is 5.22. The van der Waals surface area contributed by atoms with Crippen LogP contribution >= 0.6 is 0 Å². The maximum absolute atomic E-state index is 13.4. The van der Waals surface area contributed by atoms with Gasteiger partial charge in [-0.2, -0.15) is 10.4 Å². The molecular weight excluding hydrogens is 448 g/mol. The van der Waals surface area contributed by atoms with Crippen molar-refractivity contribution >= 4 is 5.78 Å². The van der Waals surface area contributed by atoms with Gasteiger partial charge in [-0.25, -0.2) is 0 Å². The van der Waals surface area contributed by atoms with Crippen molar-refractivity contribution in [3.05, 3.63) is 65.5 Å². The topological polar surface area (TPSA) is 90.8 Å². The fourth-order valence-electron chi connectivity index (χ4n) is 6.07. The van der Waals surface area contributed by atoms with E-state index in [2.05, 4.69) is 49.3 Å². The fourth-order valence-corrected chi connectivity index (χ4v) is 6.07. The molecule has 5 rings (SSSR count). The summed E-state index contributed by atoms with van der Waals surface area (Å²) in [5.41, 5.74) is 3.94. The van der Waals surface area contributed by atoms with Gasteiger partial charge < -0.3 is 10.1 Å². The van der Waals surface area contributed by atoms with E-state index in [9.17, 15) is 10.1 Å². The van der Waals surface area contributed by atoms with Gasteiger partial charge in [-0.3, -0.25) is 9.89 Å². The zero-order chi connectivity index (χ0) is 25.5. The van der Waals surface area contributed by atoms with E-state index in [1.165, 1.54) is 0 Å². The number of piperidine rings is 1. The molecule has 0 bridgehead atoms. The number of nitriles is 1. The highest BCUT2D eigenvalue weighted by Gasteiger charge is 2.38. The molecule has 0 spiro atoms. The van der Waals surface area contributed by atoms with Crippen molar-refractivity contribution in [2.45, 2.75) is 76.8 Å². The Hall–Kier alpha value is -3.43. The van der Waals surface area contributed by atoms with E-state index in [1.54, 1.807) is 12.4 Å². The van der Waals surface area contributed by atoms with Crippen LogP contribution in [0, 0.1) is 17.2 Å². The standard InChI is InChI=1S/C30H34N4O2/c1-29(2)14-19(15-30(3,4)34-29)12-26(35)21-10-11-28(24(13-21)20-8-9-20)36-27-7-5-6-23(25(27)16-31)22-17-32-33-18-22/h5-7,10-11,13,17-20,34H,8-9,12,14-15H2,1-4H3,(H,32,33). The molecule has 2 N–H and O–H groups in total. The number of benzene rings is 2. The molecule has 1 saturated carbocycles. The van der Waals surface area contributed by atoms with Crippen LogP contribution in [0.5, 0.6) is 11.5 Å². The van der Waals surface area contributed by atoms with Crippen molar-refractivity contribution in [2.75, 3.05) is 0 Å². The van der Waals surface area contributed by atoms with Crippen LogP contribution < -0.4 is 10.1 Å². The van der Waals surface area contributed by atoms with Crippen molar-refractivity contribution in [2.24, 2.45) is 5.92 Å². The highest BCUT2D eigenvalue weighted by Crippen LogP contribution is 2.46. The molecule has 0 unspecified atom stereocenters. The number of carbonyl (C=O) groups excluding carboxylic acids is 1. The molecule has 0 atom stereocenters. The average Bonchev–Trinajstić information content (AvgIpc) is 3.50. The molecule has 6 nitrogen and oxygen atoms in total. The number of carbonyl (C=O) groups is 1. The summed E-state index contributed by atoms with van der Waals surface area (Å²) in [6, 6.07) is 13.7. The molecule has 1 aromatic heterocycles. The molecule has 2 aromatic carbocycles. The maximum Gasteiger partial charge on any atom is 0.163 e. The van der Waals surface area contributed by atoms with E-state index >= 15 is 0 Å². The first-order chi connectivity index (χ1) is 17.1. The van der Waals surface area contributed by atoms with Crippen LogP contribution in [0.15, 0.2) is 48.8 Å². The number of aromatic amines is 1. The van der Waals surface area contributed by atoms with E-state index in [0.717, 1.165) is 53.7 Å². The van der Waals surface area contributed by atoms with Crippen LogP contribution in [0.4, 0.5) is 0 Å². The number of hydrogen-bond acceptors (Lipinski definition) is 5. The van der Waals surface area contributed by atoms with E-state index < -0.39 is 0 Å². The lowest BCUT2D eigenvalue weighted by molar-refractivity contribution is 0.0864. The maximum atomic E-state index is 13.4. The summed E-state index contributed by atoms with van der Waals surface area (Å²) in [5, 5.41) is 20.4. The van der Waals surface area contributed by atoms with Crippen LogP contribution in [-0.4, -0.2) is 27.1 Å². The number of H-pyrrole nitrogens is 1. The van der Waals surface area contributed by atoms with Gasteiger partial charge in [0, 0.05) is 40.4 Å². The zero-order valence-corrected chi connectivity index (χ0v) is 21.5. The Kier molecular flexibility index (Phi) is 6.22. The van der Waals surface area contributed by atoms with E-state index in [1.807, 2.05) is 36.4 Å². The van der Waals surface area contributed by atoms with Crippen molar-refractivity contribution in [3.63, 3.8) is 0 Å². The predicted octanol–water partition coefficient (Wildman–Crippen LogP) is 6.75. The molecule has 36 heavy (non-hydrogen) atoms. The van der Waals surface area contributed by atoms with Crippen LogP contribution in [0.1, 0.15) is 87.2 Å². The summed E-state index contributed by atoms with van der Waals surface area (Å²) in [6.45, 7) is 8.89. The molecule has 2 aliphatic rings. The highest BCUT2D eigenvalue weighted by atomic mass is 16.5. The molecule has 2 heterocycles. The van der Waals surface area contributed by atoms with E-state index in [-0.39, 0.29) is 16.9 Å². The normalized spacial score (nSPS) is 19.0. The van der Waals surface area contributed by atoms with Gasteiger partial charge in [-0.1, -0.05) is 12.1 Å². The monoisotopic (exact) mass is 482 g/mol. The van der Waals surface area contributed by atoms with E-state index in [4.69, 9.17) is 4.74 Å². The van der Waals surface area contributed by atoms with Gasteiger partial charge in [-0.15, -0.1) is 0 Å². The molecule has 3 aromatic rings. The Morgan fingerprint density at radius 1 is 1.11 bits per heavy atom. The van der Waals surface area contributed by atoms with Crippen LogP contribution in [-0.2, 0) is 0 Å². The lowest BCUT2D eigenvalue weighted by atomic mass is 9.74. The van der Waals surface area contributed by atoms with Gasteiger partial charge >= 0.3 is 0 Å². The minimum atomic E-state index is 0.0208. The second kappa shape index (κ2) is 9.22. The number of nitrogens with zero attached hydrogens (tertiary/aromatic N) is 2. The number of ether oxygens (including phenoxy) is 1. The molecule has 1 aliphatic heterocycles. The van der Waals surface area contributed by atoms with Gasteiger partial charge in [0.1, 0.15) is 23.1 Å². The summed E-state index contributed by atoms with van der Waals surface area (Å²) in [6.07, 6.45) is 8.17. The SMILES string of the molecule is CC1(C)CC(CC(=O)c2ccc(Oc3cccc(-c4cn[nH]c4)c3C#N)c(C3CC3)c2)CC(C)(C)N1. The molecule has 1 aliphatic carbocycles. The van der Waals surface area contributed by atoms with Crippen molar-refractivity contribution in [1.82, 2.24) is 15.5 Å².